The van der Waals surface area contributed by atoms with Crippen LogP contribution >= 0.6 is 0 Å². The molecule has 0 atom stereocenters. The second-order valence-corrected chi connectivity index (χ2v) is 7.18. The third kappa shape index (κ3) is 4.06. The molecule has 1 aromatic carbocycles. The van der Waals surface area contributed by atoms with Gasteiger partial charge in [-0.15, -0.1) is 0 Å². The van der Waals surface area contributed by atoms with Gasteiger partial charge in [0.05, 0.1) is 12.0 Å². The van der Waals surface area contributed by atoms with Crippen molar-refractivity contribution in [3.63, 3.8) is 0 Å². The van der Waals surface area contributed by atoms with Crippen LogP contribution in [0.5, 0.6) is 5.75 Å². The fraction of sp³-hybridized carbons (Fsp3) is 0.136. The highest BCUT2D eigenvalue weighted by Gasteiger charge is 2.10. The van der Waals surface area contributed by atoms with E-state index in [4.69, 9.17) is 10.5 Å². The topological polar surface area (TPSA) is 125 Å². The Morgan fingerprint density at radius 3 is 2.81 bits per heavy atom. The summed E-state index contributed by atoms with van der Waals surface area (Å²) in [5.74, 6) is 0.899. The first-order valence-electron chi connectivity index (χ1n) is 10.0. The normalized spacial score (nSPS) is 11.1. The van der Waals surface area contributed by atoms with Crippen molar-refractivity contribution in [2.24, 2.45) is 0 Å². The first-order chi connectivity index (χ1) is 15.7. The molecule has 10 nitrogen and oxygen atoms in total. The molecule has 5 aromatic rings. The van der Waals surface area contributed by atoms with Crippen molar-refractivity contribution in [1.29, 1.82) is 0 Å². The second kappa shape index (κ2) is 8.34. The number of nitrogens with zero attached hydrogens (tertiary/aromatic N) is 6. The monoisotopic (exact) mass is 428 g/mol. The number of carbonyl (C=O) groups excluding carboxylic acids is 1. The highest BCUT2D eigenvalue weighted by atomic mass is 16.5. The highest BCUT2D eigenvalue weighted by molar-refractivity contribution is 5.90. The lowest BCUT2D eigenvalue weighted by Crippen LogP contribution is -2.14. The molecule has 0 saturated heterocycles. The van der Waals surface area contributed by atoms with E-state index in [-0.39, 0.29) is 12.3 Å². The molecule has 0 aliphatic heterocycles. The Morgan fingerprint density at radius 1 is 1.09 bits per heavy atom. The van der Waals surface area contributed by atoms with Crippen LogP contribution in [0, 0.1) is 0 Å². The van der Waals surface area contributed by atoms with Gasteiger partial charge in [0, 0.05) is 31.0 Å². The summed E-state index contributed by atoms with van der Waals surface area (Å²) in [4.78, 5) is 29.2. The molecule has 0 spiro atoms. The number of benzene rings is 1. The third-order valence-corrected chi connectivity index (χ3v) is 4.95. The minimum Gasteiger partial charge on any atom is -0.487 e. The van der Waals surface area contributed by atoms with Gasteiger partial charge in [-0.25, -0.2) is 19.9 Å². The molecule has 32 heavy (non-hydrogen) atoms. The largest absolute Gasteiger partial charge is 0.487 e. The van der Waals surface area contributed by atoms with Gasteiger partial charge in [-0.2, -0.15) is 0 Å². The van der Waals surface area contributed by atoms with Crippen molar-refractivity contribution in [2.75, 3.05) is 11.1 Å². The number of carbonyl (C=O) groups is 1. The molecular weight excluding hydrogens is 408 g/mol. The maximum atomic E-state index is 12.3. The van der Waals surface area contributed by atoms with Crippen molar-refractivity contribution >= 4 is 34.2 Å². The predicted octanol–water partition coefficient (Wildman–Crippen LogP) is 2.66. The maximum Gasteiger partial charge on any atom is 0.226 e. The SMILES string of the molecule is Nc1ncnc2c1ncn2CCC(=O)Nc1ccc(OCc2cn3ccccc3n2)cc1. The Hall–Kier alpha value is -4.47. The van der Waals surface area contributed by atoms with Crippen molar-refractivity contribution in [3.8, 4) is 5.75 Å². The van der Waals surface area contributed by atoms with Crippen molar-refractivity contribution in [1.82, 2.24) is 28.9 Å². The van der Waals surface area contributed by atoms with Gasteiger partial charge in [0.2, 0.25) is 5.91 Å². The van der Waals surface area contributed by atoms with Crippen LogP contribution in [0.15, 0.2) is 67.5 Å². The molecule has 10 heteroatoms. The van der Waals surface area contributed by atoms with E-state index in [0.29, 0.717) is 41.6 Å². The van der Waals surface area contributed by atoms with Crippen LogP contribution < -0.4 is 15.8 Å². The van der Waals surface area contributed by atoms with Gasteiger partial charge >= 0.3 is 0 Å². The first-order valence-corrected chi connectivity index (χ1v) is 10.0. The molecule has 0 bridgehead atoms. The lowest BCUT2D eigenvalue weighted by atomic mass is 10.3. The van der Waals surface area contributed by atoms with E-state index in [9.17, 15) is 4.79 Å². The van der Waals surface area contributed by atoms with E-state index in [1.54, 1.807) is 23.0 Å². The minimum atomic E-state index is -0.118. The van der Waals surface area contributed by atoms with E-state index >= 15 is 0 Å². The van der Waals surface area contributed by atoms with Gasteiger partial charge in [-0.3, -0.25) is 4.79 Å². The Kier molecular flexibility index (Phi) is 5.08. The lowest BCUT2D eigenvalue weighted by molar-refractivity contribution is -0.116. The van der Waals surface area contributed by atoms with Crippen LogP contribution in [0.2, 0.25) is 0 Å². The lowest BCUT2D eigenvalue weighted by Gasteiger charge is -2.08. The molecule has 160 valence electrons. The zero-order chi connectivity index (χ0) is 21.9. The fourth-order valence-corrected chi connectivity index (χ4v) is 3.36. The number of amides is 1. The van der Waals surface area contributed by atoms with Gasteiger partial charge in [0.25, 0.3) is 0 Å². The van der Waals surface area contributed by atoms with Gasteiger partial charge in [-0.1, -0.05) is 6.07 Å². The van der Waals surface area contributed by atoms with Crippen LogP contribution in [0.1, 0.15) is 12.1 Å². The van der Waals surface area contributed by atoms with E-state index in [2.05, 4.69) is 25.3 Å². The summed E-state index contributed by atoms with van der Waals surface area (Å²) in [6.45, 7) is 0.791. The number of aryl methyl sites for hydroxylation is 1. The molecule has 4 aromatic heterocycles. The number of aromatic nitrogens is 6. The summed E-state index contributed by atoms with van der Waals surface area (Å²) in [5, 5.41) is 2.88. The quantitative estimate of drug-likeness (QED) is 0.408. The molecule has 5 rings (SSSR count). The summed E-state index contributed by atoms with van der Waals surface area (Å²) in [6, 6.07) is 13.1. The second-order valence-electron chi connectivity index (χ2n) is 7.18. The standard InChI is InChI=1S/C22H20N8O2/c23-21-20-22(25-13-24-21)30(14-26-20)10-8-19(31)28-15-4-6-17(7-5-15)32-12-16-11-29-9-2-1-3-18(29)27-16/h1-7,9,11,13-14H,8,10,12H2,(H,28,31)(H2,23,24,25). The minimum absolute atomic E-state index is 0.118. The number of hydrogen-bond donors (Lipinski definition) is 2. The molecule has 0 radical (unpaired) electrons. The Labute approximate surface area is 182 Å². The summed E-state index contributed by atoms with van der Waals surface area (Å²) in [7, 11) is 0. The number of hydrogen-bond acceptors (Lipinski definition) is 7. The van der Waals surface area contributed by atoms with Gasteiger partial charge in [-0.05, 0) is 36.4 Å². The number of ether oxygens (including phenoxy) is 1. The van der Waals surface area contributed by atoms with Crippen molar-refractivity contribution in [2.45, 2.75) is 19.6 Å². The highest BCUT2D eigenvalue weighted by Crippen LogP contribution is 2.18. The van der Waals surface area contributed by atoms with E-state index in [0.717, 1.165) is 11.3 Å². The third-order valence-electron chi connectivity index (χ3n) is 4.95. The first kappa shape index (κ1) is 19.5. The van der Waals surface area contributed by atoms with E-state index < -0.39 is 0 Å². The Bertz CT molecular complexity index is 1360. The summed E-state index contributed by atoms with van der Waals surface area (Å²) < 4.78 is 9.54. The van der Waals surface area contributed by atoms with E-state index in [1.807, 2.05) is 47.1 Å². The number of pyridine rings is 1. The van der Waals surface area contributed by atoms with E-state index in [1.165, 1.54) is 6.33 Å². The van der Waals surface area contributed by atoms with Crippen LogP contribution in [-0.2, 0) is 17.9 Å². The van der Waals surface area contributed by atoms with Gasteiger partial charge in [0.1, 0.15) is 29.8 Å². The Morgan fingerprint density at radius 2 is 1.97 bits per heavy atom. The number of nitrogens with one attached hydrogen (secondary N) is 1. The molecular formula is C22H20N8O2. The van der Waals surface area contributed by atoms with Crippen LogP contribution in [0.3, 0.4) is 0 Å². The summed E-state index contributed by atoms with van der Waals surface area (Å²) >= 11 is 0. The number of rotatable bonds is 7. The number of nitrogen functional groups attached to an aromatic ring is 1. The molecule has 4 heterocycles. The summed E-state index contributed by atoms with van der Waals surface area (Å²) in [5.41, 5.74) is 9.34. The molecule has 3 N–H and O–H groups in total. The zero-order valence-corrected chi connectivity index (χ0v) is 17.0. The van der Waals surface area contributed by atoms with Crippen LogP contribution in [-0.4, -0.2) is 34.8 Å². The van der Waals surface area contributed by atoms with Crippen molar-refractivity contribution < 1.29 is 9.53 Å². The fourth-order valence-electron chi connectivity index (χ4n) is 3.36. The van der Waals surface area contributed by atoms with Gasteiger partial charge < -0.3 is 24.8 Å². The maximum absolute atomic E-state index is 12.3. The van der Waals surface area contributed by atoms with Crippen molar-refractivity contribution in [3.05, 3.63) is 73.2 Å². The number of nitrogens with two attached hydrogens (primary N) is 1. The number of anilines is 2. The molecule has 1 amide bonds. The van der Waals surface area contributed by atoms with Crippen LogP contribution in [0.4, 0.5) is 11.5 Å². The number of fused-ring (bicyclic) bond motifs is 2. The van der Waals surface area contributed by atoms with Crippen LogP contribution in [0.25, 0.3) is 16.8 Å². The molecule has 0 aliphatic rings. The van der Waals surface area contributed by atoms with Gasteiger partial charge in [0.15, 0.2) is 11.5 Å². The average Bonchev–Trinajstić information content (AvgIpc) is 3.42. The predicted molar refractivity (Wildman–Crippen MR) is 119 cm³/mol. The average molecular weight is 428 g/mol. The zero-order valence-electron chi connectivity index (χ0n) is 17.0. The molecule has 0 aliphatic carbocycles. The summed E-state index contributed by atoms with van der Waals surface area (Å²) in [6.07, 6.45) is 7.14. The smallest absolute Gasteiger partial charge is 0.226 e. The molecule has 0 unspecified atom stereocenters. The number of imidazole rings is 2. The molecule has 0 saturated carbocycles. The molecule has 0 fully saturated rings. The Balaban J connectivity index is 1.14.